The Bertz CT molecular complexity index is 395. The third kappa shape index (κ3) is 3.85. The van der Waals surface area contributed by atoms with Crippen LogP contribution in [0.1, 0.15) is 26.7 Å². The van der Waals surface area contributed by atoms with Gasteiger partial charge in [-0.05, 0) is 32.6 Å². The largest absolute Gasteiger partial charge is 0.481 e. The zero-order chi connectivity index (χ0) is 15.3. The number of carboxylic acid groups (broad SMARTS) is 1. The van der Waals surface area contributed by atoms with Crippen molar-refractivity contribution in [2.45, 2.75) is 26.7 Å². The molecule has 0 aromatic rings. The molecule has 1 rings (SSSR count). The van der Waals surface area contributed by atoms with Gasteiger partial charge in [-0.15, -0.1) is 0 Å². The Labute approximate surface area is 118 Å². The second-order valence-corrected chi connectivity index (χ2v) is 5.64. The van der Waals surface area contributed by atoms with Crippen molar-refractivity contribution in [1.82, 2.24) is 15.5 Å². The number of amides is 3. The quantitative estimate of drug-likeness (QED) is 0.690. The van der Waals surface area contributed by atoms with Gasteiger partial charge in [0.15, 0.2) is 0 Å². The smallest absolute Gasteiger partial charge is 0.317 e. The summed E-state index contributed by atoms with van der Waals surface area (Å²) in [6.45, 7) is 4.29. The van der Waals surface area contributed by atoms with Crippen LogP contribution in [-0.2, 0) is 9.59 Å². The summed E-state index contributed by atoms with van der Waals surface area (Å²) >= 11 is 0. The Balaban J connectivity index is 2.58. The van der Waals surface area contributed by atoms with Gasteiger partial charge >= 0.3 is 12.0 Å². The summed E-state index contributed by atoms with van der Waals surface area (Å²) in [4.78, 5) is 35.9. The van der Waals surface area contributed by atoms with E-state index in [9.17, 15) is 19.5 Å². The van der Waals surface area contributed by atoms with Crippen LogP contribution in [0.15, 0.2) is 0 Å². The highest BCUT2D eigenvalue weighted by Gasteiger charge is 2.39. The fourth-order valence-electron chi connectivity index (χ4n) is 2.28. The minimum atomic E-state index is -0.861. The van der Waals surface area contributed by atoms with Crippen molar-refractivity contribution < 1.29 is 19.5 Å². The minimum Gasteiger partial charge on any atom is -0.481 e. The van der Waals surface area contributed by atoms with E-state index in [1.807, 2.05) is 0 Å². The molecule has 1 aliphatic heterocycles. The van der Waals surface area contributed by atoms with Crippen molar-refractivity contribution in [3.05, 3.63) is 0 Å². The molecule has 0 spiro atoms. The molecule has 7 heteroatoms. The number of carboxylic acids is 1. The molecule has 1 heterocycles. The summed E-state index contributed by atoms with van der Waals surface area (Å²) in [6.07, 6.45) is 1.56. The number of nitrogens with one attached hydrogen (secondary N) is 2. The number of hydrogen-bond acceptors (Lipinski definition) is 3. The number of rotatable bonds is 4. The summed E-state index contributed by atoms with van der Waals surface area (Å²) in [7, 11) is 1.50. The van der Waals surface area contributed by atoms with Crippen LogP contribution in [0.2, 0.25) is 0 Å². The molecule has 3 N–H and O–H groups in total. The van der Waals surface area contributed by atoms with Crippen LogP contribution in [-0.4, -0.2) is 54.6 Å². The van der Waals surface area contributed by atoms with E-state index in [0.29, 0.717) is 13.1 Å². The van der Waals surface area contributed by atoms with Crippen LogP contribution < -0.4 is 10.6 Å². The number of piperidine rings is 1. The van der Waals surface area contributed by atoms with Gasteiger partial charge in [0.25, 0.3) is 0 Å². The average Bonchev–Trinajstić information content (AvgIpc) is 2.44. The highest BCUT2D eigenvalue weighted by molar-refractivity contribution is 5.83. The topological polar surface area (TPSA) is 98.7 Å². The van der Waals surface area contributed by atoms with Gasteiger partial charge in [-0.2, -0.15) is 0 Å². The van der Waals surface area contributed by atoms with Gasteiger partial charge in [0.1, 0.15) is 0 Å². The summed E-state index contributed by atoms with van der Waals surface area (Å²) in [5, 5.41) is 14.2. The number of aliphatic carboxylic acids is 1. The number of carbonyl (C=O) groups is 3. The first-order valence-corrected chi connectivity index (χ1v) is 6.75. The van der Waals surface area contributed by atoms with Gasteiger partial charge in [0, 0.05) is 20.1 Å². The van der Waals surface area contributed by atoms with E-state index in [1.165, 1.54) is 7.05 Å². The number of likely N-dealkylation sites (N-methyl/N-ethyl adjacent to an activating group) is 1. The first kappa shape index (κ1) is 16.3. The second kappa shape index (κ2) is 6.58. The van der Waals surface area contributed by atoms with Gasteiger partial charge in [0.05, 0.1) is 12.0 Å². The van der Waals surface area contributed by atoms with Crippen molar-refractivity contribution in [3.8, 4) is 0 Å². The molecule has 1 fully saturated rings. The monoisotopic (exact) mass is 285 g/mol. The number of nitrogens with zero attached hydrogens (tertiary/aromatic N) is 1. The van der Waals surface area contributed by atoms with Crippen LogP contribution in [0.4, 0.5) is 4.79 Å². The molecular weight excluding hydrogens is 262 g/mol. The summed E-state index contributed by atoms with van der Waals surface area (Å²) in [6, 6.07) is -0.320. The number of carbonyl (C=O) groups excluding carboxylic acids is 2. The normalized spacial score (nSPS) is 19.4. The van der Waals surface area contributed by atoms with Crippen molar-refractivity contribution >= 4 is 17.9 Å². The van der Waals surface area contributed by atoms with Gasteiger partial charge < -0.3 is 20.6 Å². The van der Waals surface area contributed by atoms with Crippen LogP contribution in [0.25, 0.3) is 0 Å². The van der Waals surface area contributed by atoms with Crippen LogP contribution in [0.5, 0.6) is 0 Å². The van der Waals surface area contributed by atoms with Crippen LogP contribution in [0.3, 0.4) is 0 Å². The Kier molecular flexibility index (Phi) is 5.35. The van der Waals surface area contributed by atoms with E-state index >= 15 is 0 Å². The van der Waals surface area contributed by atoms with E-state index in [2.05, 4.69) is 10.6 Å². The molecule has 1 saturated heterocycles. The zero-order valence-electron chi connectivity index (χ0n) is 12.2. The highest BCUT2D eigenvalue weighted by Crippen LogP contribution is 2.34. The van der Waals surface area contributed by atoms with E-state index in [0.717, 1.165) is 12.8 Å². The Morgan fingerprint density at radius 1 is 1.35 bits per heavy atom. The molecule has 1 unspecified atom stereocenters. The lowest BCUT2D eigenvalue weighted by Crippen LogP contribution is -2.51. The molecule has 0 saturated carbocycles. The molecule has 114 valence electrons. The standard InChI is InChI=1S/C13H23N3O4/c1-13(2,11(18)19)9-5-4-6-16(8-9)12(20)15-7-10(17)14-3/h9H,4-8H2,1-3H3,(H,14,17)(H,15,20)(H,18,19). The second-order valence-electron chi connectivity index (χ2n) is 5.64. The zero-order valence-corrected chi connectivity index (χ0v) is 12.2. The maximum Gasteiger partial charge on any atom is 0.317 e. The lowest BCUT2D eigenvalue weighted by atomic mass is 9.74. The maximum atomic E-state index is 11.9. The molecular formula is C13H23N3O4. The third-order valence-corrected chi connectivity index (χ3v) is 3.96. The molecule has 0 aromatic heterocycles. The van der Waals surface area contributed by atoms with E-state index < -0.39 is 11.4 Å². The van der Waals surface area contributed by atoms with Gasteiger partial charge in [-0.25, -0.2) is 4.79 Å². The third-order valence-electron chi connectivity index (χ3n) is 3.96. The molecule has 0 bridgehead atoms. The van der Waals surface area contributed by atoms with Crippen molar-refractivity contribution in [2.24, 2.45) is 11.3 Å². The SMILES string of the molecule is CNC(=O)CNC(=O)N1CCCC(C(C)(C)C(=O)O)C1. The van der Waals surface area contributed by atoms with Crippen LogP contribution in [0, 0.1) is 11.3 Å². The van der Waals surface area contributed by atoms with E-state index in [-0.39, 0.29) is 24.4 Å². The summed E-state index contributed by atoms with van der Waals surface area (Å²) in [5.74, 6) is -1.20. The highest BCUT2D eigenvalue weighted by atomic mass is 16.4. The van der Waals surface area contributed by atoms with Crippen molar-refractivity contribution in [2.75, 3.05) is 26.7 Å². The summed E-state index contributed by atoms with van der Waals surface area (Å²) < 4.78 is 0. The predicted molar refractivity (Wildman–Crippen MR) is 73.2 cm³/mol. The van der Waals surface area contributed by atoms with Crippen molar-refractivity contribution in [1.29, 1.82) is 0 Å². The fraction of sp³-hybridized carbons (Fsp3) is 0.769. The van der Waals surface area contributed by atoms with E-state index in [4.69, 9.17) is 0 Å². The molecule has 7 nitrogen and oxygen atoms in total. The molecule has 0 radical (unpaired) electrons. The maximum absolute atomic E-state index is 11.9. The Hall–Kier alpha value is -1.79. The molecule has 0 aliphatic carbocycles. The summed E-state index contributed by atoms with van der Waals surface area (Å²) in [5.41, 5.74) is -0.861. The van der Waals surface area contributed by atoms with Gasteiger partial charge in [0.2, 0.25) is 5.91 Å². The molecule has 3 amide bonds. The van der Waals surface area contributed by atoms with Gasteiger partial charge in [-0.3, -0.25) is 9.59 Å². The Morgan fingerprint density at radius 3 is 2.55 bits per heavy atom. The lowest BCUT2D eigenvalue weighted by molar-refractivity contribution is -0.151. The molecule has 1 atom stereocenters. The van der Waals surface area contributed by atoms with Crippen molar-refractivity contribution in [3.63, 3.8) is 0 Å². The minimum absolute atomic E-state index is 0.0706. The first-order chi connectivity index (χ1) is 9.28. The van der Waals surface area contributed by atoms with E-state index in [1.54, 1.807) is 18.7 Å². The molecule has 1 aliphatic rings. The molecule has 20 heavy (non-hydrogen) atoms. The number of hydrogen-bond donors (Lipinski definition) is 3. The fourth-order valence-corrected chi connectivity index (χ4v) is 2.28. The first-order valence-electron chi connectivity index (χ1n) is 6.75. The number of urea groups is 1. The lowest BCUT2D eigenvalue weighted by Gasteiger charge is -2.39. The Morgan fingerprint density at radius 2 is 2.00 bits per heavy atom. The predicted octanol–water partition coefficient (Wildman–Crippen LogP) is 0.265. The average molecular weight is 285 g/mol. The number of likely N-dealkylation sites (tertiary alicyclic amines) is 1. The molecule has 0 aromatic carbocycles. The van der Waals surface area contributed by atoms with Gasteiger partial charge in [-0.1, -0.05) is 0 Å². The van der Waals surface area contributed by atoms with Crippen LogP contribution >= 0.6 is 0 Å².